The van der Waals surface area contributed by atoms with Crippen molar-refractivity contribution >= 4 is 0 Å². The fourth-order valence-electron chi connectivity index (χ4n) is 1.56. The molecule has 1 rings (SSSR count). The van der Waals surface area contributed by atoms with Gasteiger partial charge in [-0.2, -0.15) is 0 Å². The Balaban J connectivity index is 2.99. The molecule has 0 radical (unpaired) electrons. The van der Waals surface area contributed by atoms with Gasteiger partial charge in [-0.05, 0) is 38.8 Å². The molecule has 0 saturated carbocycles. The van der Waals surface area contributed by atoms with Crippen molar-refractivity contribution in [2.45, 2.75) is 38.9 Å². The van der Waals surface area contributed by atoms with Gasteiger partial charge in [0.2, 0.25) is 0 Å². The van der Waals surface area contributed by atoms with Crippen LogP contribution in [0.3, 0.4) is 0 Å². The van der Waals surface area contributed by atoms with Gasteiger partial charge in [-0.25, -0.2) is 0 Å². The fourth-order valence-corrected chi connectivity index (χ4v) is 1.56. The summed E-state index contributed by atoms with van der Waals surface area (Å²) >= 11 is 0. The third-order valence-corrected chi connectivity index (χ3v) is 2.66. The van der Waals surface area contributed by atoms with Gasteiger partial charge in [0.1, 0.15) is 5.60 Å². The number of hydrogen-bond donors (Lipinski definition) is 1. The van der Waals surface area contributed by atoms with E-state index < -0.39 is 5.60 Å². The average Bonchev–Trinajstić information content (AvgIpc) is 2.16. The van der Waals surface area contributed by atoms with E-state index in [2.05, 4.69) is 6.58 Å². The van der Waals surface area contributed by atoms with Crippen LogP contribution in [-0.4, -0.2) is 5.11 Å². The molecule has 0 aliphatic rings. The molecule has 0 bridgehead atoms. The average molecular weight is 220 g/mol. The summed E-state index contributed by atoms with van der Waals surface area (Å²) in [7, 11) is 0. The minimum Gasteiger partial charge on any atom is -0.491 e. The zero-order valence-corrected chi connectivity index (χ0v) is 10.4. The Labute approximate surface area is 97.6 Å². The third-order valence-electron chi connectivity index (χ3n) is 2.66. The van der Waals surface area contributed by atoms with Crippen LogP contribution >= 0.6 is 0 Å². The predicted octanol–water partition coefficient (Wildman–Crippen LogP) is 3.31. The van der Waals surface area contributed by atoms with E-state index in [1.54, 1.807) is 13.8 Å². The molecule has 88 valence electrons. The van der Waals surface area contributed by atoms with E-state index in [9.17, 15) is 5.11 Å². The van der Waals surface area contributed by atoms with E-state index in [0.29, 0.717) is 0 Å². The van der Waals surface area contributed by atoms with E-state index in [4.69, 9.17) is 4.74 Å². The number of aliphatic hydroxyl groups is 1. The van der Waals surface area contributed by atoms with Crippen LogP contribution in [0.15, 0.2) is 37.1 Å². The van der Waals surface area contributed by atoms with E-state index >= 15 is 0 Å². The minimum absolute atomic E-state index is 0.389. The van der Waals surface area contributed by atoms with Gasteiger partial charge in [0.15, 0.2) is 0 Å². The SMILES string of the molecule is C=COC(C)(C)c1ccc(C(C)(C)O)cc1. The number of benzene rings is 1. The predicted molar refractivity (Wildman–Crippen MR) is 66.0 cm³/mol. The van der Waals surface area contributed by atoms with Gasteiger partial charge in [0.25, 0.3) is 0 Å². The Bertz CT molecular complexity index is 355. The Morgan fingerprint density at radius 3 is 1.88 bits per heavy atom. The summed E-state index contributed by atoms with van der Waals surface area (Å²) in [4.78, 5) is 0. The van der Waals surface area contributed by atoms with Crippen LogP contribution in [0.25, 0.3) is 0 Å². The highest BCUT2D eigenvalue weighted by atomic mass is 16.5. The van der Waals surface area contributed by atoms with Crippen molar-refractivity contribution in [1.82, 2.24) is 0 Å². The molecule has 0 amide bonds. The van der Waals surface area contributed by atoms with Gasteiger partial charge in [-0.3, -0.25) is 0 Å². The Morgan fingerprint density at radius 1 is 1.06 bits per heavy atom. The lowest BCUT2D eigenvalue weighted by atomic mass is 9.92. The van der Waals surface area contributed by atoms with Crippen LogP contribution in [-0.2, 0) is 15.9 Å². The topological polar surface area (TPSA) is 29.5 Å². The second-order valence-electron chi connectivity index (χ2n) is 4.93. The third kappa shape index (κ3) is 2.86. The molecule has 2 nitrogen and oxygen atoms in total. The molecule has 1 N–H and O–H groups in total. The van der Waals surface area contributed by atoms with Gasteiger partial charge in [-0.15, -0.1) is 0 Å². The Morgan fingerprint density at radius 2 is 1.50 bits per heavy atom. The molecule has 0 saturated heterocycles. The molecular weight excluding hydrogens is 200 g/mol. The van der Waals surface area contributed by atoms with Crippen LogP contribution in [0.4, 0.5) is 0 Å². The monoisotopic (exact) mass is 220 g/mol. The molecule has 0 aromatic heterocycles. The maximum Gasteiger partial charge on any atom is 0.127 e. The fraction of sp³-hybridized carbons (Fsp3) is 0.429. The van der Waals surface area contributed by atoms with Gasteiger partial charge >= 0.3 is 0 Å². The second kappa shape index (κ2) is 4.30. The van der Waals surface area contributed by atoms with Gasteiger partial charge in [0.05, 0.1) is 11.9 Å². The van der Waals surface area contributed by atoms with E-state index in [1.807, 2.05) is 38.1 Å². The smallest absolute Gasteiger partial charge is 0.127 e. The molecule has 0 aliphatic carbocycles. The summed E-state index contributed by atoms with van der Waals surface area (Å²) in [5, 5.41) is 9.84. The summed E-state index contributed by atoms with van der Waals surface area (Å²) in [5.74, 6) is 0. The largest absolute Gasteiger partial charge is 0.491 e. The maximum atomic E-state index is 9.84. The van der Waals surface area contributed by atoms with Crippen LogP contribution < -0.4 is 0 Å². The summed E-state index contributed by atoms with van der Waals surface area (Å²) in [6.07, 6.45) is 1.45. The van der Waals surface area contributed by atoms with E-state index in [0.717, 1.165) is 11.1 Å². The van der Waals surface area contributed by atoms with Crippen molar-refractivity contribution in [1.29, 1.82) is 0 Å². The van der Waals surface area contributed by atoms with Gasteiger partial charge in [-0.1, -0.05) is 30.8 Å². The normalized spacial score (nSPS) is 12.3. The number of hydrogen-bond acceptors (Lipinski definition) is 2. The van der Waals surface area contributed by atoms with Crippen LogP contribution in [0, 0.1) is 0 Å². The first-order valence-electron chi connectivity index (χ1n) is 5.39. The molecule has 0 aliphatic heterocycles. The van der Waals surface area contributed by atoms with Crippen molar-refractivity contribution in [2.24, 2.45) is 0 Å². The first-order valence-corrected chi connectivity index (χ1v) is 5.39. The zero-order chi connectivity index (χ0) is 12.4. The maximum absolute atomic E-state index is 9.84. The van der Waals surface area contributed by atoms with Crippen LogP contribution in [0.5, 0.6) is 0 Å². The van der Waals surface area contributed by atoms with Crippen molar-refractivity contribution in [3.63, 3.8) is 0 Å². The van der Waals surface area contributed by atoms with E-state index in [1.165, 1.54) is 6.26 Å². The quantitative estimate of drug-likeness (QED) is 0.789. The van der Waals surface area contributed by atoms with Crippen molar-refractivity contribution < 1.29 is 9.84 Å². The molecule has 0 fully saturated rings. The molecule has 1 aromatic carbocycles. The highest BCUT2D eigenvalue weighted by Crippen LogP contribution is 2.27. The standard InChI is InChI=1S/C14H20O2/c1-6-16-14(4,5)12-9-7-11(8-10-12)13(2,3)15/h6-10,15H,1H2,2-5H3. The molecule has 0 unspecified atom stereocenters. The number of rotatable bonds is 4. The first kappa shape index (κ1) is 12.8. The summed E-state index contributed by atoms with van der Waals surface area (Å²) in [6.45, 7) is 11.1. The van der Waals surface area contributed by atoms with Crippen molar-refractivity contribution in [3.05, 3.63) is 48.2 Å². The van der Waals surface area contributed by atoms with Crippen LogP contribution in [0.2, 0.25) is 0 Å². The Kier molecular flexibility index (Phi) is 3.44. The molecular formula is C14H20O2. The molecule has 1 aromatic rings. The lowest BCUT2D eigenvalue weighted by Gasteiger charge is -2.26. The number of ether oxygens (including phenoxy) is 1. The molecule has 0 atom stereocenters. The summed E-state index contributed by atoms with van der Waals surface area (Å²) in [5.41, 5.74) is 0.757. The van der Waals surface area contributed by atoms with E-state index in [-0.39, 0.29) is 5.60 Å². The highest BCUT2D eigenvalue weighted by Gasteiger charge is 2.22. The van der Waals surface area contributed by atoms with Crippen molar-refractivity contribution in [3.8, 4) is 0 Å². The van der Waals surface area contributed by atoms with Gasteiger partial charge in [0, 0.05) is 0 Å². The van der Waals surface area contributed by atoms with Crippen molar-refractivity contribution in [2.75, 3.05) is 0 Å². The lowest BCUT2D eigenvalue weighted by Crippen LogP contribution is -2.20. The molecule has 0 heterocycles. The lowest BCUT2D eigenvalue weighted by molar-refractivity contribution is 0.0553. The summed E-state index contributed by atoms with van der Waals surface area (Å²) in [6, 6.07) is 7.78. The molecule has 16 heavy (non-hydrogen) atoms. The second-order valence-corrected chi connectivity index (χ2v) is 4.93. The molecule has 2 heteroatoms. The first-order chi connectivity index (χ1) is 7.27. The minimum atomic E-state index is -0.804. The Hall–Kier alpha value is -1.28. The highest BCUT2D eigenvalue weighted by molar-refractivity contribution is 5.29. The zero-order valence-electron chi connectivity index (χ0n) is 10.4. The van der Waals surface area contributed by atoms with Crippen LogP contribution in [0.1, 0.15) is 38.8 Å². The summed E-state index contributed by atoms with van der Waals surface area (Å²) < 4.78 is 5.44. The van der Waals surface area contributed by atoms with Gasteiger partial charge < -0.3 is 9.84 Å². The molecule has 0 spiro atoms.